The Morgan fingerprint density at radius 2 is 1.65 bits per heavy atom. The maximum absolute atomic E-state index is 12.8. The van der Waals surface area contributed by atoms with Crippen molar-refractivity contribution in [2.75, 3.05) is 18.5 Å². The molecule has 3 amide bonds. The Morgan fingerprint density at radius 3 is 2.24 bits per heavy atom. The molecule has 0 radical (unpaired) electrons. The van der Waals surface area contributed by atoms with E-state index in [1.807, 2.05) is 19.1 Å². The van der Waals surface area contributed by atoms with Crippen LogP contribution in [0.5, 0.6) is 0 Å². The molecular weight excluding hydrogens is 440 g/mol. The van der Waals surface area contributed by atoms with Crippen LogP contribution in [-0.2, 0) is 28.7 Å². The second kappa shape index (κ2) is 9.79. The minimum absolute atomic E-state index is 0.0510. The van der Waals surface area contributed by atoms with Gasteiger partial charge in [0.1, 0.15) is 6.04 Å². The first-order valence-corrected chi connectivity index (χ1v) is 11.6. The lowest BCUT2D eigenvalue weighted by Gasteiger charge is -2.23. The van der Waals surface area contributed by atoms with E-state index in [9.17, 15) is 24.0 Å². The maximum atomic E-state index is 12.8. The van der Waals surface area contributed by atoms with E-state index >= 15 is 0 Å². The standard InChI is InChI=1S/C25H28N2O7/c1-3-4-11-33-25(32)15-7-9-18(10-8-15)26-19(28)13-34-24(31)14(2)27-22(29)20-16-5-6-17(12-16)21(20)23(27)30/h5-10,14,16-17,20-21H,3-4,11-13H2,1-2H3,(H,26,28)/t14-,16-,17-,20-,21-/m0/s1. The molecular formula is C25H28N2O7. The molecule has 1 aliphatic heterocycles. The molecule has 0 spiro atoms. The van der Waals surface area contributed by atoms with Gasteiger partial charge < -0.3 is 14.8 Å². The third-order valence-electron chi connectivity index (χ3n) is 6.71. The fourth-order valence-electron chi connectivity index (χ4n) is 4.95. The van der Waals surface area contributed by atoms with Gasteiger partial charge in [0.2, 0.25) is 11.8 Å². The third-order valence-corrected chi connectivity index (χ3v) is 6.71. The van der Waals surface area contributed by atoms with Crippen molar-refractivity contribution >= 4 is 35.3 Å². The number of nitrogens with zero attached hydrogens (tertiary/aromatic N) is 1. The summed E-state index contributed by atoms with van der Waals surface area (Å²) in [5.74, 6) is -3.21. The van der Waals surface area contributed by atoms with E-state index in [0.29, 0.717) is 17.9 Å². The van der Waals surface area contributed by atoms with Gasteiger partial charge >= 0.3 is 11.9 Å². The molecule has 1 aromatic carbocycles. The number of likely N-dealkylation sites (tertiary alicyclic amines) is 1. The van der Waals surface area contributed by atoms with Crippen LogP contribution in [-0.4, -0.2) is 53.8 Å². The fraction of sp³-hybridized carbons (Fsp3) is 0.480. The van der Waals surface area contributed by atoms with Crippen molar-refractivity contribution in [3.63, 3.8) is 0 Å². The molecule has 1 saturated heterocycles. The number of hydrogen-bond donors (Lipinski definition) is 1. The molecule has 1 N–H and O–H groups in total. The van der Waals surface area contributed by atoms with Gasteiger partial charge in [-0.3, -0.25) is 19.3 Å². The quantitative estimate of drug-likeness (QED) is 0.256. The summed E-state index contributed by atoms with van der Waals surface area (Å²) in [4.78, 5) is 63.2. The zero-order chi connectivity index (χ0) is 24.4. The van der Waals surface area contributed by atoms with E-state index in [1.165, 1.54) is 19.1 Å². The SMILES string of the molecule is CCCCOC(=O)c1ccc(NC(=O)COC(=O)[C@H](C)N2C(=O)[C@@H]3[C@@H](C2=O)[C@H]2C=C[C@H]3C2)cc1. The molecule has 34 heavy (non-hydrogen) atoms. The molecule has 1 aromatic rings. The molecule has 3 aliphatic rings. The van der Waals surface area contributed by atoms with Crippen LogP contribution in [0.25, 0.3) is 0 Å². The molecule has 2 aliphatic carbocycles. The number of allylic oxidation sites excluding steroid dienone is 2. The normalized spacial score (nSPS) is 25.3. The lowest BCUT2D eigenvalue weighted by Crippen LogP contribution is -2.45. The summed E-state index contributed by atoms with van der Waals surface area (Å²) < 4.78 is 10.2. The Balaban J connectivity index is 1.25. The van der Waals surface area contributed by atoms with Crippen LogP contribution < -0.4 is 5.32 Å². The highest BCUT2D eigenvalue weighted by Gasteiger charge is 2.60. The van der Waals surface area contributed by atoms with Crippen molar-refractivity contribution < 1.29 is 33.4 Å². The lowest BCUT2D eigenvalue weighted by molar-refractivity contribution is -0.159. The summed E-state index contributed by atoms with van der Waals surface area (Å²) >= 11 is 0. The molecule has 4 rings (SSSR count). The van der Waals surface area contributed by atoms with Crippen LogP contribution >= 0.6 is 0 Å². The average molecular weight is 469 g/mol. The molecule has 9 nitrogen and oxygen atoms in total. The number of nitrogens with one attached hydrogen (secondary N) is 1. The molecule has 0 unspecified atom stereocenters. The monoisotopic (exact) mass is 468 g/mol. The molecule has 9 heteroatoms. The highest BCUT2D eigenvalue weighted by atomic mass is 16.5. The van der Waals surface area contributed by atoms with Crippen molar-refractivity contribution in [1.82, 2.24) is 4.90 Å². The van der Waals surface area contributed by atoms with Gasteiger partial charge in [-0.05, 0) is 55.9 Å². The molecule has 2 bridgehead atoms. The zero-order valence-electron chi connectivity index (χ0n) is 19.2. The summed E-state index contributed by atoms with van der Waals surface area (Å²) in [6.07, 6.45) is 6.48. The van der Waals surface area contributed by atoms with E-state index in [1.54, 1.807) is 12.1 Å². The lowest BCUT2D eigenvalue weighted by atomic mass is 9.85. The number of anilines is 1. The van der Waals surface area contributed by atoms with Crippen molar-refractivity contribution in [2.45, 2.75) is 39.2 Å². The van der Waals surface area contributed by atoms with Gasteiger partial charge in [0, 0.05) is 5.69 Å². The number of ether oxygens (including phenoxy) is 2. The van der Waals surface area contributed by atoms with Crippen LogP contribution in [0.1, 0.15) is 43.5 Å². The Kier molecular flexibility index (Phi) is 6.81. The summed E-state index contributed by atoms with van der Waals surface area (Å²) in [5, 5.41) is 2.57. The van der Waals surface area contributed by atoms with Gasteiger partial charge in [-0.25, -0.2) is 9.59 Å². The van der Waals surface area contributed by atoms with E-state index in [0.717, 1.165) is 24.2 Å². The second-order valence-corrected chi connectivity index (χ2v) is 8.95. The van der Waals surface area contributed by atoms with Crippen LogP contribution in [0.4, 0.5) is 5.69 Å². The Bertz CT molecular complexity index is 1000. The number of hydrogen-bond acceptors (Lipinski definition) is 7. The number of carbonyl (C=O) groups is 5. The molecule has 5 atom stereocenters. The number of unbranched alkanes of at least 4 members (excludes halogenated alkanes) is 1. The predicted octanol–water partition coefficient (Wildman–Crippen LogP) is 2.32. The number of esters is 2. The minimum Gasteiger partial charge on any atom is -0.462 e. The van der Waals surface area contributed by atoms with Crippen molar-refractivity contribution in [1.29, 1.82) is 0 Å². The topological polar surface area (TPSA) is 119 Å². The first-order valence-electron chi connectivity index (χ1n) is 11.6. The average Bonchev–Trinajstić information content (AvgIpc) is 3.51. The van der Waals surface area contributed by atoms with Crippen LogP contribution in [0, 0.1) is 23.7 Å². The molecule has 0 aromatic heterocycles. The number of imide groups is 1. The fourth-order valence-corrected chi connectivity index (χ4v) is 4.95. The Morgan fingerprint density at radius 1 is 1.03 bits per heavy atom. The highest BCUT2D eigenvalue weighted by molar-refractivity contribution is 6.09. The zero-order valence-corrected chi connectivity index (χ0v) is 19.2. The molecule has 1 saturated carbocycles. The molecule has 180 valence electrons. The Labute approximate surface area is 197 Å². The second-order valence-electron chi connectivity index (χ2n) is 8.95. The number of carbonyl (C=O) groups excluding carboxylic acids is 5. The van der Waals surface area contributed by atoms with Crippen molar-refractivity contribution in [3.05, 3.63) is 42.0 Å². The van der Waals surface area contributed by atoms with Gasteiger partial charge in [0.05, 0.1) is 24.0 Å². The first kappa shape index (κ1) is 23.7. The Hall–Kier alpha value is -3.49. The van der Waals surface area contributed by atoms with Gasteiger partial charge in [0.15, 0.2) is 6.61 Å². The van der Waals surface area contributed by atoms with Gasteiger partial charge in [0.25, 0.3) is 5.91 Å². The van der Waals surface area contributed by atoms with Gasteiger partial charge in [-0.1, -0.05) is 25.5 Å². The summed E-state index contributed by atoms with van der Waals surface area (Å²) in [7, 11) is 0. The number of amides is 3. The van der Waals surface area contributed by atoms with E-state index in [-0.39, 0.29) is 23.7 Å². The number of fused-ring (bicyclic) bond motifs is 5. The molecule has 2 fully saturated rings. The van der Waals surface area contributed by atoms with Gasteiger partial charge in [-0.2, -0.15) is 0 Å². The van der Waals surface area contributed by atoms with E-state index in [2.05, 4.69) is 5.32 Å². The van der Waals surface area contributed by atoms with Gasteiger partial charge in [-0.15, -0.1) is 0 Å². The predicted molar refractivity (Wildman–Crippen MR) is 120 cm³/mol. The number of rotatable bonds is 9. The van der Waals surface area contributed by atoms with Crippen LogP contribution in [0.2, 0.25) is 0 Å². The van der Waals surface area contributed by atoms with Crippen molar-refractivity contribution in [2.24, 2.45) is 23.7 Å². The molecule has 1 heterocycles. The van der Waals surface area contributed by atoms with Crippen LogP contribution in [0.3, 0.4) is 0 Å². The summed E-state index contributed by atoms with van der Waals surface area (Å²) in [5.41, 5.74) is 0.780. The van der Waals surface area contributed by atoms with E-state index in [4.69, 9.17) is 9.47 Å². The van der Waals surface area contributed by atoms with Crippen LogP contribution in [0.15, 0.2) is 36.4 Å². The first-order chi connectivity index (χ1) is 16.3. The smallest absolute Gasteiger partial charge is 0.338 e. The summed E-state index contributed by atoms with van der Waals surface area (Å²) in [6.45, 7) is 3.22. The third kappa shape index (κ3) is 4.47. The highest BCUT2D eigenvalue weighted by Crippen LogP contribution is 2.52. The number of benzene rings is 1. The maximum Gasteiger partial charge on any atom is 0.338 e. The largest absolute Gasteiger partial charge is 0.462 e. The van der Waals surface area contributed by atoms with Crippen molar-refractivity contribution in [3.8, 4) is 0 Å². The minimum atomic E-state index is -1.10. The van der Waals surface area contributed by atoms with E-state index < -0.39 is 42.3 Å². The summed E-state index contributed by atoms with van der Waals surface area (Å²) in [6, 6.07) is 5.04.